The van der Waals surface area contributed by atoms with Crippen LogP contribution < -0.4 is 5.32 Å². The molecule has 0 spiro atoms. The zero-order valence-electron chi connectivity index (χ0n) is 12.5. The minimum Gasteiger partial charge on any atom is -0.355 e. The average molecular weight is 303 g/mol. The monoisotopic (exact) mass is 303 g/mol. The Morgan fingerprint density at radius 3 is 2.71 bits per heavy atom. The van der Waals surface area contributed by atoms with Crippen LogP contribution in [0.3, 0.4) is 0 Å². The van der Waals surface area contributed by atoms with Gasteiger partial charge in [-0.15, -0.1) is 11.8 Å². The highest BCUT2D eigenvalue weighted by Crippen LogP contribution is 2.17. The Morgan fingerprint density at radius 2 is 2.05 bits per heavy atom. The minimum atomic E-state index is 0.0875. The molecule has 2 rings (SSSR count). The molecule has 2 N–H and O–H groups in total. The molecule has 0 aliphatic rings. The normalized spacial score (nSPS) is 10.6. The van der Waals surface area contributed by atoms with Crippen LogP contribution in [0.25, 0.3) is 0 Å². The molecule has 0 unspecified atom stereocenters. The summed E-state index contributed by atoms with van der Waals surface area (Å²) in [6.45, 7) is 4.78. The highest BCUT2D eigenvalue weighted by molar-refractivity contribution is 8.00. The lowest BCUT2D eigenvalue weighted by Gasteiger charge is -2.05. The van der Waals surface area contributed by atoms with Gasteiger partial charge in [0.05, 0.1) is 11.9 Å². The summed E-state index contributed by atoms with van der Waals surface area (Å²) in [5.74, 6) is 0.554. The lowest BCUT2D eigenvalue weighted by Crippen LogP contribution is -2.26. The maximum absolute atomic E-state index is 11.8. The number of nitrogens with one attached hydrogen (secondary N) is 2. The van der Waals surface area contributed by atoms with Gasteiger partial charge in [0.1, 0.15) is 0 Å². The molecule has 0 radical (unpaired) electrons. The van der Waals surface area contributed by atoms with Crippen molar-refractivity contribution >= 4 is 17.7 Å². The predicted molar refractivity (Wildman–Crippen MR) is 86.6 cm³/mol. The van der Waals surface area contributed by atoms with Crippen molar-refractivity contribution in [3.8, 4) is 0 Å². The van der Waals surface area contributed by atoms with Crippen molar-refractivity contribution in [2.75, 3.05) is 12.3 Å². The van der Waals surface area contributed by atoms with Crippen molar-refractivity contribution < 1.29 is 4.79 Å². The van der Waals surface area contributed by atoms with E-state index in [1.807, 2.05) is 13.1 Å². The van der Waals surface area contributed by atoms with E-state index < -0.39 is 0 Å². The largest absolute Gasteiger partial charge is 0.355 e. The van der Waals surface area contributed by atoms with Crippen LogP contribution in [0.1, 0.15) is 23.2 Å². The van der Waals surface area contributed by atoms with Crippen molar-refractivity contribution in [1.29, 1.82) is 0 Å². The number of aryl methyl sites for hydroxylation is 3. The fourth-order valence-electron chi connectivity index (χ4n) is 1.97. The molecule has 0 atom stereocenters. The van der Waals surface area contributed by atoms with Crippen LogP contribution in [-0.2, 0) is 11.2 Å². The van der Waals surface area contributed by atoms with Gasteiger partial charge in [0, 0.05) is 17.1 Å². The third-order valence-electron chi connectivity index (χ3n) is 3.27. The van der Waals surface area contributed by atoms with E-state index in [1.165, 1.54) is 11.1 Å². The van der Waals surface area contributed by atoms with Gasteiger partial charge in [-0.3, -0.25) is 9.89 Å². The Balaban J connectivity index is 1.61. The lowest BCUT2D eigenvalue weighted by atomic mass is 10.1. The summed E-state index contributed by atoms with van der Waals surface area (Å²) in [6.07, 6.45) is 3.72. The van der Waals surface area contributed by atoms with Crippen molar-refractivity contribution in [2.45, 2.75) is 31.6 Å². The van der Waals surface area contributed by atoms with Gasteiger partial charge in [0.15, 0.2) is 0 Å². The number of amides is 1. The van der Waals surface area contributed by atoms with Crippen LogP contribution in [0.4, 0.5) is 0 Å². The summed E-state index contributed by atoms with van der Waals surface area (Å²) in [5.41, 5.74) is 3.56. The molecular formula is C16H21N3OS. The summed E-state index contributed by atoms with van der Waals surface area (Å²) in [5, 5.41) is 9.86. The number of hydrogen-bond acceptors (Lipinski definition) is 3. The van der Waals surface area contributed by atoms with Gasteiger partial charge in [0.25, 0.3) is 0 Å². The van der Waals surface area contributed by atoms with E-state index in [4.69, 9.17) is 0 Å². The Hall–Kier alpha value is -1.75. The van der Waals surface area contributed by atoms with E-state index in [9.17, 15) is 4.79 Å². The molecule has 1 aromatic carbocycles. The maximum Gasteiger partial charge on any atom is 0.230 e. The molecule has 0 fully saturated rings. The standard InChI is InChI=1S/C16H21N3OS/c1-12-5-7-15(8-6-12)21-11-16(20)17-9-3-4-14-10-18-19-13(14)2/h5-8,10H,3-4,9,11H2,1-2H3,(H,17,20)(H,18,19). The van der Waals surface area contributed by atoms with Crippen LogP contribution in [0.15, 0.2) is 35.4 Å². The molecule has 5 heteroatoms. The molecule has 0 bridgehead atoms. The summed E-state index contributed by atoms with van der Waals surface area (Å²) in [4.78, 5) is 12.9. The van der Waals surface area contributed by atoms with Gasteiger partial charge in [0.2, 0.25) is 5.91 Å². The highest BCUT2D eigenvalue weighted by Gasteiger charge is 2.03. The third kappa shape index (κ3) is 5.27. The van der Waals surface area contributed by atoms with Crippen molar-refractivity contribution in [3.05, 3.63) is 47.3 Å². The second-order valence-corrected chi connectivity index (χ2v) is 6.12. The zero-order chi connectivity index (χ0) is 15.1. The number of benzene rings is 1. The molecule has 21 heavy (non-hydrogen) atoms. The number of carbonyl (C=O) groups excluding carboxylic acids is 1. The van der Waals surface area contributed by atoms with E-state index in [0.717, 1.165) is 23.4 Å². The highest BCUT2D eigenvalue weighted by atomic mass is 32.2. The number of nitrogens with zero attached hydrogens (tertiary/aromatic N) is 1. The second-order valence-electron chi connectivity index (χ2n) is 5.08. The smallest absolute Gasteiger partial charge is 0.230 e. The third-order valence-corrected chi connectivity index (χ3v) is 4.28. The van der Waals surface area contributed by atoms with Crippen molar-refractivity contribution in [2.24, 2.45) is 0 Å². The lowest BCUT2D eigenvalue weighted by molar-refractivity contribution is -0.118. The van der Waals surface area contributed by atoms with Crippen LogP contribution in [0.2, 0.25) is 0 Å². The SMILES string of the molecule is Cc1ccc(SCC(=O)NCCCc2cn[nH]c2C)cc1. The van der Waals surface area contributed by atoms with E-state index in [0.29, 0.717) is 12.3 Å². The van der Waals surface area contributed by atoms with Gasteiger partial charge in [-0.25, -0.2) is 0 Å². The molecular weight excluding hydrogens is 282 g/mol. The van der Waals surface area contributed by atoms with Gasteiger partial charge in [-0.05, 0) is 44.4 Å². The first kappa shape index (κ1) is 15.6. The Bertz CT molecular complexity index is 577. The number of thioether (sulfide) groups is 1. The summed E-state index contributed by atoms with van der Waals surface area (Å²) >= 11 is 1.57. The summed E-state index contributed by atoms with van der Waals surface area (Å²) in [6, 6.07) is 8.23. The summed E-state index contributed by atoms with van der Waals surface area (Å²) in [7, 11) is 0. The Morgan fingerprint density at radius 1 is 1.29 bits per heavy atom. The topological polar surface area (TPSA) is 57.8 Å². The number of aromatic amines is 1. The van der Waals surface area contributed by atoms with Crippen LogP contribution >= 0.6 is 11.8 Å². The maximum atomic E-state index is 11.8. The molecule has 0 aliphatic carbocycles. The van der Waals surface area contributed by atoms with E-state index in [1.54, 1.807) is 11.8 Å². The molecule has 1 amide bonds. The van der Waals surface area contributed by atoms with E-state index >= 15 is 0 Å². The molecule has 1 heterocycles. The number of aromatic nitrogens is 2. The molecule has 112 valence electrons. The van der Waals surface area contributed by atoms with Crippen LogP contribution in [0.5, 0.6) is 0 Å². The molecule has 0 saturated carbocycles. The van der Waals surface area contributed by atoms with Crippen LogP contribution in [-0.4, -0.2) is 28.4 Å². The van der Waals surface area contributed by atoms with Crippen molar-refractivity contribution in [1.82, 2.24) is 15.5 Å². The van der Waals surface area contributed by atoms with Gasteiger partial charge in [-0.1, -0.05) is 17.7 Å². The Labute approximate surface area is 129 Å². The van der Waals surface area contributed by atoms with Crippen molar-refractivity contribution in [3.63, 3.8) is 0 Å². The number of rotatable bonds is 7. The van der Waals surface area contributed by atoms with Gasteiger partial charge < -0.3 is 5.32 Å². The number of H-pyrrole nitrogens is 1. The first-order valence-electron chi connectivity index (χ1n) is 7.10. The van der Waals surface area contributed by atoms with E-state index in [-0.39, 0.29) is 5.91 Å². The van der Waals surface area contributed by atoms with Gasteiger partial charge >= 0.3 is 0 Å². The fourth-order valence-corrected chi connectivity index (χ4v) is 2.70. The number of carbonyl (C=O) groups is 1. The fraction of sp³-hybridized carbons (Fsp3) is 0.375. The zero-order valence-corrected chi connectivity index (χ0v) is 13.3. The molecule has 0 saturated heterocycles. The molecule has 0 aliphatic heterocycles. The van der Waals surface area contributed by atoms with Crippen LogP contribution in [0, 0.1) is 13.8 Å². The first-order valence-corrected chi connectivity index (χ1v) is 8.09. The quantitative estimate of drug-likeness (QED) is 0.611. The predicted octanol–water partition coefficient (Wildman–Crippen LogP) is 2.87. The van der Waals surface area contributed by atoms with E-state index in [2.05, 4.69) is 46.7 Å². The molecule has 1 aromatic heterocycles. The first-order chi connectivity index (χ1) is 10.1. The second kappa shape index (κ2) is 7.88. The number of hydrogen-bond donors (Lipinski definition) is 2. The average Bonchev–Trinajstić information content (AvgIpc) is 2.88. The molecule has 4 nitrogen and oxygen atoms in total. The van der Waals surface area contributed by atoms with Gasteiger partial charge in [-0.2, -0.15) is 5.10 Å². The molecule has 2 aromatic rings. The summed E-state index contributed by atoms with van der Waals surface area (Å²) < 4.78 is 0. The minimum absolute atomic E-state index is 0.0875. The Kier molecular flexibility index (Phi) is 5.87.